The van der Waals surface area contributed by atoms with Crippen molar-refractivity contribution in [3.05, 3.63) is 42.0 Å². The number of rotatable bonds is 8. The smallest absolute Gasteiger partial charge is 0.508 e. The molecule has 0 heterocycles. The first-order chi connectivity index (χ1) is 12.8. The van der Waals surface area contributed by atoms with E-state index >= 15 is 0 Å². The van der Waals surface area contributed by atoms with E-state index < -0.39 is 29.6 Å². The van der Waals surface area contributed by atoms with E-state index in [1.54, 1.807) is 25.1 Å². The molecule has 0 saturated carbocycles. The summed E-state index contributed by atoms with van der Waals surface area (Å²) in [6.07, 6.45) is 1.56. The highest BCUT2D eigenvalue weighted by molar-refractivity contribution is 6.00. The predicted molar refractivity (Wildman–Crippen MR) is 95.0 cm³/mol. The van der Waals surface area contributed by atoms with E-state index in [1.807, 2.05) is 0 Å². The van der Waals surface area contributed by atoms with Crippen LogP contribution in [0, 0.1) is 5.41 Å². The number of carbonyl (C=O) groups is 3. The number of allylic oxidation sites excluding steroid dienone is 1. The first kappa shape index (κ1) is 22.0. The Hall–Kier alpha value is -3.03. The molecule has 0 aromatic heterocycles. The molecule has 0 saturated heterocycles. The van der Waals surface area contributed by atoms with Gasteiger partial charge in [0.15, 0.2) is 5.41 Å². The lowest BCUT2D eigenvalue weighted by atomic mass is 9.78. The van der Waals surface area contributed by atoms with E-state index in [0.717, 1.165) is 0 Å². The Kier molecular flexibility index (Phi) is 8.32. The SMILES string of the molecule is COC(=O)OC(C)/C=C/CC(Cc1ccc(O)cc1)(C(=O)OC)C(=O)OC. The Bertz CT molecular complexity index is 661. The van der Waals surface area contributed by atoms with Gasteiger partial charge < -0.3 is 24.1 Å². The van der Waals surface area contributed by atoms with Crippen LogP contribution in [-0.2, 0) is 35.0 Å². The summed E-state index contributed by atoms with van der Waals surface area (Å²) >= 11 is 0. The maximum Gasteiger partial charge on any atom is 0.508 e. The second-order valence-electron chi connectivity index (χ2n) is 5.82. The van der Waals surface area contributed by atoms with Gasteiger partial charge in [-0.3, -0.25) is 9.59 Å². The minimum absolute atomic E-state index is 0.00318. The number of aromatic hydroxyl groups is 1. The Morgan fingerprint density at radius 2 is 1.59 bits per heavy atom. The maximum atomic E-state index is 12.5. The molecule has 1 aromatic rings. The third kappa shape index (κ3) is 6.02. The zero-order valence-electron chi connectivity index (χ0n) is 15.8. The fourth-order valence-electron chi connectivity index (χ4n) is 2.52. The molecular weight excluding hydrogens is 356 g/mol. The molecule has 1 unspecified atom stereocenters. The average molecular weight is 380 g/mol. The topological polar surface area (TPSA) is 108 Å². The summed E-state index contributed by atoms with van der Waals surface area (Å²) < 4.78 is 19.0. The van der Waals surface area contributed by atoms with Crippen molar-refractivity contribution in [3.63, 3.8) is 0 Å². The lowest BCUT2D eigenvalue weighted by Crippen LogP contribution is -2.43. The van der Waals surface area contributed by atoms with Gasteiger partial charge in [0.2, 0.25) is 0 Å². The van der Waals surface area contributed by atoms with E-state index in [0.29, 0.717) is 5.56 Å². The van der Waals surface area contributed by atoms with Crippen molar-refractivity contribution in [1.82, 2.24) is 0 Å². The maximum absolute atomic E-state index is 12.5. The molecule has 0 aliphatic carbocycles. The summed E-state index contributed by atoms with van der Waals surface area (Å²) in [4.78, 5) is 36.1. The van der Waals surface area contributed by atoms with E-state index in [4.69, 9.17) is 14.2 Å². The highest BCUT2D eigenvalue weighted by Gasteiger charge is 2.47. The van der Waals surface area contributed by atoms with Gasteiger partial charge in [-0.25, -0.2) is 4.79 Å². The number of methoxy groups -OCH3 is 3. The van der Waals surface area contributed by atoms with Gasteiger partial charge in [-0.1, -0.05) is 18.2 Å². The van der Waals surface area contributed by atoms with Crippen LogP contribution >= 0.6 is 0 Å². The van der Waals surface area contributed by atoms with Crippen LogP contribution in [0.2, 0.25) is 0 Å². The number of phenols is 1. The quantitative estimate of drug-likeness (QED) is 0.317. The first-order valence-corrected chi connectivity index (χ1v) is 8.15. The molecule has 8 nitrogen and oxygen atoms in total. The van der Waals surface area contributed by atoms with Crippen molar-refractivity contribution in [2.45, 2.75) is 25.9 Å². The van der Waals surface area contributed by atoms with Crippen molar-refractivity contribution in [2.24, 2.45) is 5.41 Å². The molecule has 0 spiro atoms. The zero-order valence-corrected chi connectivity index (χ0v) is 15.8. The van der Waals surface area contributed by atoms with Crippen LogP contribution in [0.3, 0.4) is 0 Å². The minimum Gasteiger partial charge on any atom is -0.508 e. The molecule has 1 atom stereocenters. The van der Waals surface area contributed by atoms with E-state index in [1.165, 1.54) is 39.5 Å². The third-order valence-corrected chi connectivity index (χ3v) is 3.92. The Labute approximate surface area is 157 Å². The summed E-state index contributed by atoms with van der Waals surface area (Å²) in [6, 6.07) is 6.11. The van der Waals surface area contributed by atoms with Gasteiger partial charge in [0.05, 0.1) is 21.3 Å². The van der Waals surface area contributed by atoms with E-state index in [2.05, 4.69) is 4.74 Å². The molecule has 27 heavy (non-hydrogen) atoms. The fourth-order valence-corrected chi connectivity index (χ4v) is 2.52. The van der Waals surface area contributed by atoms with Gasteiger partial charge in [-0.15, -0.1) is 0 Å². The van der Waals surface area contributed by atoms with Crippen LogP contribution in [0.4, 0.5) is 4.79 Å². The van der Waals surface area contributed by atoms with Gasteiger partial charge in [0.25, 0.3) is 0 Å². The summed E-state index contributed by atoms with van der Waals surface area (Å²) in [5.41, 5.74) is -0.988. The molecule has 0 radical (unpaired) electrons. The van der Waals surface area contributed by atoms with Crippen LogP contribution in [0.1, 0.15) is 18.9 Å². The Morgan fingerprint density at radius 3 is 2.07 bits per heavy atom. The molecule has 1 aromatic carbocycles. The fraction of sp³-hybridized carbons (Fsp3) is 0.421. The van der Waals surface area contributed by atoms with Gasteiger partial charge >= 0.3 is 18.1 Å². The molecule has 0 amide bonds. The third-order valence-electron chi connectivity index (χ3n) is 3.92. The van der Waals surface area contributed by atoms with Gasteiger partial charge in [-0.05, 0) is 43.5 Å². The van der Waals surface area contributed by atoms with Crippen molar-refractivity contribution >= 4 is 18.1 Å². The summed E-state index contributed by atoms with van der Waals surface area (Å²) in [5.74, 6) is -1.45. The largest absolute Gasteiger partial charge is 0.508 e. The summed E-state index contributed by atoms with van der Waals surface area (Å²) in [6.45, 7) is 1.60. The number of esters is 2. The van der Waals surface area contributed by atoms with Crippen LogP contribution in [-0.4, -0.2) is 50.6 Å². The zero-order chi connectivity index (χ0) is 20.4. The first-order valence-electron chi connectivity index (χ1n) is 8.15. The molecular formula is C19H24O8. The van der Waals surface area contributed by atoms with Crippen LogP contribution in [0.25, 0.3) is 0 Å². The van der Waals surface area contributed by atoms with E-state index in [-0.39, 0.29) is 18.6 Å². The number of benzene rings is 1. The normalized spacial score (nSPS) is 12.3. The van der Waals surface area contributed by atoms with Crippen LogP contribution in [0.15, 0.2) is 36.4 Å². The van der Waals surface area contributed by atoms with Crippen molar-refractivity contribution in [3.8, 4) is 5.75 Å². The van der Waals surface area contributed by atoms with Crippen molar-refractivity contribution in [1.29, 1.82) is 0 Å². The molecule has 0 fully saturated rings. The lowest BCUT2D eigenvalue weighted by Gasteiger charge is -2.27. The second kappa shape index (κ2) is 10.2. The molecule has 0 aliphatic heterocycles. The monoisotopic (exact) mass is 380 g/mol. The number of phenolic OH excluding ortho intramolecular Hbond substituents is 1. The molecule has 0 bridgehead atoms. The molecule has 8 heteroatoms. The number of carbonyl (C=O) groups excluding carboxylic acids is 3. The number of hydrogen-bond donors (Lipinski definition) is 1. The average Bonchev–Trinajstić information content (AvgIpc) is 2.67. The summed E-state index contributed by atoms with van der Waals surface area (Å²) in [7, 11) is 3.56. The van der Waals surface area contributed by atoms with Crippen LogP contribution < -0.4 is 0 Å². The number of ether oxygens (including phenoxy) is 4. The second-order valence-corrected chi connectivity index (χ2v) is 5.82. The van der Waals surface area contributed by atoms with Gasteiger partial charge in [0.1, 0.15) is 11.9 Å². The Morgan fingerprint density at radius 1 is 1.04 bits per heavy atom. The predicted octanol–water partition coefficient (Wildman–Crippen LogP) is 2.38. The minimum atomic E-state index is -1.62. The van der Waals surface area contributed by atoms with Crippen molar-refractivity contribution in [2.75, 3.05) is 21.3 Å². The molecule has 1 rings (SSSR count). The molecule has 148 valence electrons. The standard InChI is InChI=1S/C19H24O8/c1-13(27-18(23)26-4)6-5-11-19(16(21)24-2,17(22)25-3)12-14-7-9-15(20)10-8-14/h5-10,13,20H,11-12H2,1-4H3/b6-5+. The molecule has 0 aliphatic rings. The lowest BCUT2D eigenvalue weighted by molar-refractivity contribution is -0.169. The van der Waals surface area contributed by atoms with Crippen LogP contribution in [0.5, 0.6) is 5.75 Å². The highest BCUT2D eigenvalue weighted by atomic mass is 16.7. The Balaban J connectivity index is 3.11. The van der Waals surface area contributed by atoms with Gasteiger partial charge in [0, 0.05) is 0 Å². The van der Waals surface area contributed by atoms with E-state index in [9.17, 15) is 19.5 Å². The highest BCUT2D eigenvalue weighted by Crippen LogP contribution is 2.32. The summed E-state index contributed by atoms with van der Waals surface area (Å²) in [5, 5.41) is 9.41. The van der Waals surface area contributed by atoms with Crippen molar-refractivity contribution < 1.29 is 38.4 Å². The number of hydrogen-bond acceptors (Lipinski definition) is 8. The van der Waals surface area contributed by atoms with Gasteiger partial charge in [-0.2, -0.15) is 0 Å². The molecule has 1 N–H and O–H groups in total.